The van der Waals surface area contributed by atoms with Crippen LogP contribution >= 0.6 is 0 Å². The van der Waals surface area contributed by atoms with Crippen LogP contribution in [0.2, 0.25) is 0 Å². The topological polar surface area (TPSA) is 72.8 Å². The number of carboxylic acids is 1. The van der Waals surface area contributed by atoms with Crippen LogP contribution < -0.4 is 0 Å². The lowest BCUT2D eigenvalue weighted by molar-refractivity contribution is -0.199. The van der Waals surface area contributed by atoms with E-state index >= 15 is 0 Å². The zero-order valence-corrected chi connectivity index (χ0v) is 8.44. The summed E-state index contributed by atoms with van der Waals surface area (Å²) in [5, 5.41) is 8.62. The number of rotatable bonds is 2. The molecule has 1 aliphatic heterocycles. The minimum absolute atomic E-state index is 0.131. The van der Waals surface area contributed by atoms with Gasteiger partial charge in [-0.15, -0.1) is 0 Å². The minimum atomic E-state index is -1.12. The predicted molar refractivity (Wildman–Crippen MR) is 46.7 cm³/mol. The summed E-state index contributed by atoms with van der Waals surface area (Å²) >= 11 is 0. The second-order valence-electron chi connectivity index (χ2n) is 4.23. The summed E-state index contributed by atoms with van der Waals surface area (Å²) in [6.45, 7) is 5.34. The lowest BCUT2D eigenvalue weighted by atomic mass is 9.98. The Kier molecular flexibility index (Phi) is 2.80. The van der Waals surface area contributed by atoms with Gasteiger partial charge in [0.05, 0.1) is 6.61 Å². The molecule has 0 saturated carbocycles. The van der Waals surface area contributed by atoms with Crippen molar-refractivity contribution in [1.82, 2.24) is 0 Å². The molecular weight excluding hydrogens is 188 g/mol. The number of esters is 1. The van der Waals surface area contributed by atoms with Crippen molar-refractivity contribution in [1.29, 1.82) is 0 Å². The maximum atomic E-state index is 11.4. The summed E-state index contributed by atoms with van der Waals surface area (Å²) in [6, 6.07) is 0. The Morgan fingerprint density at radius 2 is 2.00 bits per heavy atom. The molecule has 0 bridgehead atoms. The quantitative estimate of drug-likeness (QED) is 0.657. The zero-order chi connectivity index (χ0) is 10.9. The Balaban J connectivity index is 2.51. The molecule has 0 aromatic heterocycles. The number of hydrogen-bond acceptors (Lipinski definition) is 4. The number of carboxylic acid groups (broad SMARTS) is 1. The summed E-state index contributed by atoms with van der Waals surface area (Å²) in [5.41, 5.74) is -0.588. The molecule has 0 aromatic carbocycles. The van der Waals surface area contributed by atoms with E-state index in [0.717, 1.165) is 0 Å². The van der Waals surface area contributed by atoms with Crippen molar-refractivity contribution in [3.05, 3.63) is 0 Å². The molecule has 80 valence electrons. The van der Waals surface area contributed by atoms with E-state index in [9.17, 15) is 9.59 Å². The average molecular weight is 202 g/mol. The van der Waals surface area contributed by atoms with E-state index < -0.39 is 29.6 Å². The third kappa shape index (κ3) is 2.45. The third-order valence-electron chi connectivity index (χ3n) is 1.77. The normalized spacial score (nSPS) is 26.5. The first-order valence-electron chi connectivity index (χ1n) is 4.38. The number of carbonyl (C=O) groups is 2. The van der Waals surface area contributed by atoms with E-state index in [1.54, 1.807) is 20.8 Å². The van der Waals surface area contributed by atoms with Gasteiger partial charge in [0.1, 0.15) is 11.5 Å². The molecule has 5 nitrogen and oxygen atoms in total. The summed E-state index contributed by atoms with van der Waals surface area (Å²) < 4.78 is 9.78. The maximum Gasteiger partial charge on any atom is 0.333 e. The standard InChI is InChI=1S/C9H14O5/c1-9(2,3)14-8(12)5-4-13-6(5)7(10)11/h5-6H,4H2,1-3H3,(H,10,11). The van der Waals surface area contributed by atoms with Gasteiger partial charge in [-0.3, -0.25) is 4.79 Å². The van der Waals surface area contributed by atoms with Crippen LogP contribution in [0.25, 0.3) is 0 Å². The Morgan fingerprint density at radius 3 is 2.29 bits per heavy atom. The lowest BCUT2D eigenvalue weighted by Crippen LogP contribution is -2.51. The van der Waals surface area contributed by atoms with E-state index in [1.165, 1.54) is 0 Å². The summed E-state index contributed by atoms with van der Waals surface area (Å²) in [7, 11) is 0. The van der Waals surface area contributed by atoms with E-state index in [2.05, 4.69) is 0 Å². The fraction of sp³-hybridized carbons (Fsp3) is 0.778. The van der Waals surface area contributed by atoms with Crippen LogP contribution in [0, 0.1) is 5.92 Å². The molecule has 0 amide bonds. The second-order valence-corrected chi connectivity index (χ2v) is 4.23. The third-order valence-corrected chi connectivity index (χ3v) is 1.77. The molecule has 1 fully saturated rings. The molecule has 1 N–H and O–H groups in total. The zero-order valence-electron chi connectivity index (χ0n) is 8.44. The molecular formula is C9H14O5. The number of aliphatic carboxylic acids is 1. The van der Waals surface area contributed by atoms with Crippen molar-refractivity contribution in [2.24, 2.45) is 5.92 Å². The largest absolute Gasteiger partial charge is 0.479 e. The number of ether oxygens (including phenoxy) is 2. The van der Waals surface area contributed by atoms with Gasteiger partial charge >= 0.3 is 11.9 Å². The smallest absolute Gasteiger partial charge is 0.333 e. The molecule has 0 aromatic rings. The highest BCUT2D eigenvalue weighted by Crippen LogP contribution is 2.24. The molecule has 2 atom stereocenters. The minimum Gasteiger partial charge on any atom is -0.479 e. The molecule has 1 aliphatic rings. The van der Waals surface area contributed by atoms with Gasteiger partial charge in [-0.25, -0.2) is 4.79 Å². The number of carbonyl (C=O) groups excluding carboxylic acids is 1. The molecule has 1 rings (SSSR count). The van der Waals surface area contributed by atoms with Crippen LogP contribution in [0.3, 0.4) is 0 Å². The highest BCUT2D eigenvalue weighted by molar-refractivity contribution is 5.84. The molecule has 2 unspecified atom stereocenters. The first-order chi connectivity index (χ1) is 6.31. The van der Waals surface area contributed by atoms with E-state index in [0.29, 0.717) is 0 Å². The van der Waals surface area contributed by atoms with Crippen molar-refractivity contribution < 1.29 is 24.2 Å². The average Bonchev–Trinajstić information content (AvgIpc) is 1.75. The fourth-order valence-electron chi connectivity index (χ4n) is 1.10. The maximum absolute atomic E-state index is 11.4. The Bertz CT molecular complexity index is 252. The van der Waals surface area contributed by atoms with E-state index in [1.807, 2.05) is 0 Å². The van der Waals surface area contributed by atoms with Gasteiger partial charge in [0, 0.05) is 0 Å². The van der Waals surface area contributed by atoms with Gasteiger partial charge in [0.2, 0.25) is 0 Å². The summed E-state index contributed by atoms with van der Waals surface area (Å²) in [5.74, 6) is -2.28. The second kappa shape index (κ2) is 3.57. The van der Waals surface area contributed by atoms with Crippen molar-refractivity contribution in [2.75, 3.05) is 6.61 Å². The van der Waals surface area contributed by atoms with E-state index in [4.69, 9.17) is 14.6 Å². The first kappa shape index (κ1) is 11.0. The molecule has 0 aliphatic carbocycles. The van der Waals surface area contributed by atoms with Crippen molar-refractivity contribution in [2.45, 2.75) is 32.5 Å². The van der Waals surface area contributed by atoms with Crippen LogP contribution in [0.4, 0.5) is 0 Å². The van der Waals surface area contributed by atoms with Gasteiger partial charge < -0.3 is 14.6 Å². The molecule has 0 radical (unpaired) electrons. The van der Waals surface area contributed by atoms with Crippen molar-refractivity contribution in [3.8, 4) is 0 Å². The van der Waals surface area contributed by atoms with Crippen LogP contribution in [0.1, 0.15) is 20.8 Å². The van der Waals surface area contributed by atoms with Gasteiger partial charge in [-0.1, -0.05) is 0 Å². The van der Waals surface area contributed by atoms with Gasteiger partial charge in [0.15, 0.2) is 6.10 Å². The lowest BCUT2D eigenvalue weighted by Gasteiger charge is -2.33. The van der Waals surface area contributed by atoms with E-state index in [-0.39, 0.29) is 6.61 Å². The highest BCUT2D eigenvalue weighted by Gasteiger charge is 2.45. The van der Waals surface area contributed by atoms with Crippen LogP contribution in [-0.4, -0.2) is 35.4 Å². The molecule has 14 heavy (non-hydrogen) atoms. The first-order valence-corrected chi connectivity index (χ1v) is 4.38. The Morgan fingerprint density at radius 1 is 1.43 bits per heavy atom. The fourth-order valence-corrected chi connectivity index (χ4v) is 1.10. The van der Waals surface area contributed by atoms with Crippen LogP contribution in [-0.2, 0) is 19.1 Å². The van der Waals surface area contributed by atoms with Gasteiger partial charge in [0.25, 0.3) is 0 Å². The summed E-state index contributed by atoms with van der Waals surface area (Å²) in [6.07, 6.45) is -1.04. The molecule has 1 saturated heterocycles. The monoisotopic (exact) mass is 202 g/mol. The molecule has 1 heterocycles. The SMILES string of the molecule is CC(C)(C)OC(=O)C1COC1C(=O)O. The Hall–Kier alpha value is -1.10. The van der Waals surface area contributed by atoms with Crippen molar-refractivity contribution in [3.63, 3.8) is 0 Å². The Labute approximate surface area is 82.0 Å². The van der Waals surface area contributed by atoms with Crippen LogP contribution in [0.5, 0.6) is 0 Å². The van der Waals surface area contributed by atoms with Gasteiger partial charge in [-0.05, 0) is 20.8 Å². The molecule has 5 heteroatoms. The molecule has 0 spiro atoms. The summed E-state index contributed by atoms with van der Waals surface area (Å²) in [4.78, 5) is 21.9. The number of hydrogen-bond donors (Lipinski definition) is 1. The van der Waals surface area contributed by atoms with Crippen LogP contribution in [0.15, 0.2) is 0 Å². The van der Waals surface area contributed by atoms with Crippen molar-refractivity contribution >= 4 is 11.9 Å². The highest BCUT2D eigenvalue weighted by atomic mass is 16.6. The van der Waals surface area contributed by atoms with Gasteiger partial charge in [-0.2, -0.15) is 0 Å². The predicted octanol–water partition coefficient (Wildman–Crippen LogP) is 0.428.